The third kappa shape index (κ3) is 5.95. The molecule has 1 aliphatic heterocycles. The standard InChI is InChI=1S/C23H29N3O5/c1-16-6-7-18(15-19(16)25-22(28)20-5-3-14-31-20)23(29)26-11-8-17(9-12-26)21(27)24-10-4-13-30-2/h3,5-7,14-15,17H,4,8-13H2,1-2H3,(H,24,27)(H,25,28). The van der Waals surface area contributed by atoms with Crippen molar-refractivity contribution in [2.45, 2.75) is 26.2 Å². The smallest absolute Gasteiger partial charge is 0.291 e. The van der Waals surface area contributed by atoms with Crippen molar-refractivity contribution in [1.29, 1.82) is 0 Å². The number of nitrogens with zero attached hydrogens (tertiary/aromatic N) is 1. The van der Waals surface area contributed by atoms with Gasteiger partial charge in [-0.2, -0.15) is 0 Å². The molecule has 0 aliphatic carbocycles. The molecule has 1 fully saturated rings. The Hall–Kier alpha value is -3.13. The summed E-state index contributed by atoms with van der Waals surface area (Å²) in [7, 11) is 1.64. The third-order valence-corrected chi connectivity index (χ3v) is 5.46. The van der Waals surface area contributed by atoms with Crippen LogP contribution in [0.25, 0.3) is 0 Å². The molecule has 0 atom stereocenters. The minimum atomic E-state index is -0.366. The van der Waals surface area contributed by atoms with Crippen LogP contribution in [0.1, 0.15) is 45.7 Å². The van der Waals surface area contributed by atoms with Gasteiger partial charge < -0.3 is 24.7 Å². The molecule has 1 aliphatic rings. The number of ether oxygens (including phenoxy) is 1. The van der Waals surface area contributed by atoms with E-state index in [0.29, 0.717) is 50.3 Å². The number of nitrogens with one attached hydrogen (secondary N) is 2. The number of hydrogen-bond acceptors (Lipinski definition) is 5. The van der Waals surface area contributed by atoms with Crippen molar-refractivity contribution in [2.75, 3.05) is 38.7 Å². The average molecular weight is 428 g/mol. The molecular formula is C23H29N3O5. The lowest BCUT2D eigenvalue weighted by Crippen LogP contribution is -2.43. The maximum absolute atomic E-state index is 13.0. The zero-order valence-corrected chi connectivity index (χ0v) is 18.0. The molecule has 1 aromatic carbocycles. The molecule has 1 saturated heterocycles. The van der Waals surface area contributed by atoms with E-state index in [1.54, 1.807) is 36.3 Å². The third-order valence-electron chi connectivity index (χ3n) is 5.46. The highest BCUT2D eigenvalue weighted by Crippen LogP contribution is 2.23. The van der Waals surface area contributed by atoms with Gasteiger partial charge in [-0.15, -0.1) is 0 Å². The molecule has 0 saturated carbocycles. The molecule has 2 aromatic rings. The summed E-state index contributed by atoms with van der Waals surface area (Å²) in [6.45, 7) is 4.13. The summed E-state index contributed by atoms with van der Waals surface area (Å²) in [4.78, 5) is 39.3. The van der Waals surface area contributed by atoms with E-state index in [-0.39, 0.29) is 29.4 Å². The topological polar surface area (TPSA) is 101 Å². The molecule has 0 spiro atoms. The second kappa shape index (κ2) is 10.8. The number of anilines is 1. The Morgan fingerprint density at radius 3 is 2.65 bits per heavy atom. The number of rotatable bonds is 8. The number of piperidine rings is 1. The van der Waals surface area contributed by atoms with E-state index in [1.807, 2.05) is 13.0 Å². The summed E-state index contributed by atoms with van der Waals surface area (Å²) in [5.41, 5.74) is 1.92. The van der Waals surface area contributed by atoms with Crippen molar-refractivity contribution in [3.63, 3.8) is 0 Å². The van der Waals surface area contributed by atoms with Crippen LogP contribution in [0.2, 0.25) is 0 Å². The first-order chi connectivity index (χ1) is 15.0. The maximum atomic E-state index is 13.0. The Balaban J connectivity index is 1.56. The van der Waals surface area contributed by atoms with Crippen LogP contribution in [0.15, 0.2) is 41.0 Å². The normalized spacial score (nSPS) is 14.3. The Bertz CT molecular complexity index is 902. The number of carbonyl (C=O) groups excluding carboxylic acids is 3. The van der Waals surface area contributed by atoms with Gasteiger partial charge in [-0.25, -0.2) is 0 Å². The molecular weight excluding hydrogens is 398 g/mol. The van der Waals surface area contributed by atoms with E-state index >= 15 is 0 Å². The van der Waals surface area contributed by atoms with Gasteiger partial charge in [0.05, 0.1) is 6.26 Å². The lowest BCUT2D eigenvalue weighted by atomic mass is 9.95. The molecule has 3 rings (SSSR count). The number of hydrogen-bond donors (Lipinski definition) is 2. The number of amides is 3. The molecule has 0 bridgehead atoms. The SMILES string of the molecule is COCCCNC(=O)C1CCN(C(=O)c2ccc(C)c(NC(=O)c3ccco3)c2)CC1. The van der Waals surface area contributed by atoms with Crippen molar-refractivity contribution >= 4 is 23.4 Å². The number of methoxy groups -OCH3 is 1. The second-order valence-electron chi connectivity index (χ2n) is 7.66. The molecule has 8 heteroatoms. The van der Waals surface area contributed by atoms with Crippen LogP contribution in [-0.4, -0.2) is 56.0 Å². The highest BCUT2D eigenvalue weighted by atomic mass is 16.5. The van der Waals surface area contributed by atoms with Crippen LogP contribution in [-0.2, 0) is 9.53 Å². The Morgan fingerprint density at radius 2 is 1.97 bits per heavy atom. The van der Waals surface area contributed by atoms with Crippen LogP contribution in [0, 0.1) is 12.8 Å². The number of furan rings is 1. The molecule has 0 radical (unpaired) electrons. The number of benzene rings is 1. The number of carbonyl (C=O) groups is 3. The zero-order chi connectivity index (χ0) is 22.2. The summed E-state index contributed by atoms with van der Waals surface area (Å²) in [5.74, 6) is -0.296. The van der Waals surface area contributed by atoms with Gasteiger partial charge in [0.1, 0.15) is 0 Å². The van der Waals surface area contributed by atoms with E-state index in [2.05, 4.69) is 10.6 Å². The summed E-state index contributed by atoms with van der Waals surface area (Å²) in [6.07, 6.45) is 3.49. The first-order valence-corrected chi connectivity index (χ1v) is 10.5. The van der Waals surface area contributed by atoms with Crippen molar-refractivity contribution in [3.8, 4) is 0 Å². The van der Waals surface area contributed by atoms with E-state index in [1.165, 1.54) is 6.26 Å². The van der Waals surface area contributed by atoms with E-state index in [0.717, 1.165) is 12.0 Å². The first kappa shape index (κ1) is 22.6. The molecule has 31 heavy (non-hydrogen) atoms. The van der Waals surface area contributed by atoms with E-state index in [9.17, 15) is 14.4 Å². The fourth-order valence-electron chi connectivity index (χ4n) is 3.58. The van der Waals surface area contributed by atoms with Gasteiger partial charge in [-0.05, 0) is 56.0 Å². The van der Waals surface area contributed by atoms with Gasteiger partial charge in [-0.3, -0.25) is 14.4 Å². The molecule has 2 heterocycles. The van der Waals surface area contributed by atoms with Crippen molar-refractivity contribution < 1.29 is 23.5 Å². The Morgan fingerprint density at radius 1 is 1.19 bits per heavy atom. The van der Waals surface area contributed by atoms with Crippen LogP contribution in [0.4, 0.5) is 5.69 Å². The second-order valence-corrected chi connectivity index (χ2v) is 7.66. The fraction of sp³-hybridized carbons (Fsp3) is 0.435. The predicted octanol–water partition coefficient (Wildman–Crippen LogP) is 2.85. The molecule has 2 N–H and O–H groups in total. The van der Waals surface area contributed by atoms with Crippen LogP contribution in [0.5, 0.6) is 0 Å². The van der Waals surface area contributed by atoms with Gasteiger partial charge in [0.15, 0.2) is 5.76 Å². The quantitative estimate of drug-likeness (QED) is 0.631. The first-order valence-electron chi connectivity index (χ1n) is 10.5. The van der Waals surface area contributed by atoms with Gasteiger partial charge in [0.25, 0.3) is 11.8 Å². The minimum absolute atomic E-state index is 0.0430. The molecule has 3 amide bonds. The van der Waals surface area contributed by atoms with Crippen LogP contribution >= 0.6 is 0 Å². The predicted molar refractivity (Wildman–Crippen MR) is 116 cm³/mol. The van der Waals surface area contributed by atoms with E-state index in [4.69, 9.17) is 9.15 Å². The fourth-order valence-corrected chi connectivity index (χ4v) is 3.58. The Labute approximate surface area is 181 Å². The Kier molecular flexibility index (Phi) is 7.83. The summed E-state index contributed by atoms with van der Waals surface area (Å²) in [5, 5.41) is 5.73. The summed E-state index contributed by atoms with van der Waals surface area (Å²) >= 11 is 0. The minimum Gasteiger partial charge on any atom is -0.459 e. The summed E-state index contributed by atoms with van der Waals surface area (Å²) < 4.78 is 10.1. The summed E-state index contributed by atoms with van der Waals surface area (Å²) in [6, 6.07) is 8.48. The van der Waals surface area contributed by atoms with Crippen molar-refractivity contribution in [2.24, 2.45) is 5.92 Å². The average Bonchev–Trinajstić information content (AvgIpc) is 3.33. The van der Waals surface area contributed by atoms with Gasteiger partial charge in [0, 0.05) is 50.5 Å². The van der Waals surface area contributed by atoms with Crippen molar-refractivity contribution in [3.05, 3.63) is 53.5 Å². The van der Waals surface area contributed by atoms with Crippen LogP contribution < -0.4 is 10.6 Å². The molecule has 1 aromatic heterocycles. The lowest BCUT2D eigenvalue weighted by molar-refractivity contribution is -0.126. The number of likely N-dealkylation sites (tertiary alicyclic amines) is 1. The van der Waals surface area contributed by atoms with Gasteiger partial charge in [0.2, 0.25) is 5.91 Å². The number of aryl methyl sites for hydroxylation is 1. The van der Waals surface area contributed by atoms with Gasteiger partial charge >= 0.3 is 0 Å². The lowest BCUT2D eigenvalue weighted by Gasteiger charge is -2.31. The highest BCUT2D eigenvalue weighted by molar-refractivity contribution is 6.04. The zero-order valence-electron chi connectivity index (χ0n) is 18.0. The van der Waals surface area contributed by atoms with Crippen molar-refractivity contribution in [1.82, 2.24) is 10.2 Å². The maximum Gasteiger partial charge on any atom is 0.291 e. The monoisotopic (exact) mass is 427 g/mol. The van der Waals surface area contributed by atoms with Crippen LogP contribution in [0.3, 0.4) is 0 Å². The van der Waals surface area contributed by atoms with E-state index < -0.39 is 0 Å². The highest BCUT2D eigenvalue weighted by Gasteiger charge is 2.28. The molecule has 0 unspecified atom stereocenters. The van der Waals surface area contributed by atoms with Gasteiger partial charge in [-0.1, -0.05) is 6.07 Å². The molecule has 8 nitrogen and oxygen atoms in total. The largest absolute Gasteiger partial charge is 0.459 e. The molecule has 166 valence electrons.